The number of benzene rings is 1. The second-order valence-electron chi connectivity index (χ2n) is 4.68. The number of piperazine rings is 1. The van der Waals surface area contributed by atoms with Crippen molar-refractivity contribution in [1.82, 2.24) is 9.80 Å². The molecule has 0 saturated carbocycles. The number of anilines is 1. The molecule has 1 aromatic carbocycles. The molecule has 5 nitrogen and oxygen atoms in total. The minimum atomic E-state index is -0.0303. The Morgan fingerprint density at radius 3 is 2.42 bits per heavy atom. The van der Waals surface area contributed by atoms with Gasteiger partial charge in [-0.15, -0.1) is 0 Å². The molecule has 1 aliphatic heterocycles. The smallest absolute Gasteiger partial charge is 0.321 e. The number of amides is 2. The van der Waals surface area contributed by atoms with Crippen molar-refractivity contribution in [2.45, 2.75) is 6.92 Å². The van der Waals surface area contributed by atoms with Gasteiger partial charge in [0.15, 0.2) is 0 Å². The maximum Gasteiger partial charge on any atom is 0.321 e. The Morgan fingerprint density at radius 1 is 1.21 bits per heavy atom. The van der Waals surface area contributed by atoms with E-state index in [2.05, 4.69) is 17.3 Å². The van der Waals surface area contributed by atoms with Gasteiger partial charge >= 0.3 is 6.03 Å². The lowest BCUT2D eigenvalue weighted by molar-refractivity contribution is 0.164. The lowest BCUT2D eigenvalue weighted by Gasteiger charge is -2.32. The maximum atomic E-state index is 12.0. The average molecular weight is 263 g/mol. The summed E-state index contributed by atoms with van der Waals surface area (Å²) in [5.74, 6) is 0.820. The molecule has 2 amide bonds. The van der Waals surface area contributed by atoms with Crippen LogP contribution in [0.3, 0.4) is 0 Å². The highest BCUT2D eigenvalue weighted by Gasteiger charge is 2.18. The third-order valence-corrected chi connectivity index (χ3v) is 3.21. The van der Waals surface area contributed by atoms with Crippen molar-refractivity contribution in [2.24, 2.45) is 0 Å². The molecule has 1 heterocycles. The minimum Gasteiger partial charge on any atom is -0.494 e. The number of nitrogens with one attached hydrogen (secondary N) is 1. The third-order valence-electron chi connectivity index (χ3n) is 3.21. The minimum absolute atomic E-state index is 0.0303. The van der Waals surface area contributed by atoms with E-state index in [9.17, 15) is 4.79 Å². The molecule has 0 aliphatic carbocycles. The number of ether oxygens (including phenoxy) is 1. The number of likely N-dealkylation sites (N-methyl/N-ethyl adjacent to an activating group) is 1. The van der Waals surface area contributed by atoms with Crippen LogP contribution >= 0.6 is 0 Å². The standard InChI is InChI=1S/C14H21N3O2/c1-3-19-13-6-4-12(5-7-13)15-14(18)17-10-8-16(2)9-11-17/h4-7H,3,8-11H2,1-2H3,(H,15,18). The van der Waals surface area contributed by atoms with E-state index in [4.69, 9.17) is 4.74 Å². The van der Waals surface area contributed by atoms with Gasteiger partial charge in [0, 0.05) is 31.9 Å². The largest absolute Gasteiger partial charge is 0.494 e. The van der Waals surface area contributed by atoms with Gasteiger partial charge in [-0.25, -0.2) is 4.79 Å². The van der Waals surface area contributed by atoms with E-state index in [1.165, 1.54) is 0 Å². The second-order valence-corrected chi connectivity index (χ2v) is 4.68. The Kier molecular flexibility index (Phi) is 4.63. The molecule has 0 unspecified atom stereocenters. The van der Waals surface area contributed by atoms with Crippen molar-refractivity contribution in [2.75, 3.05) is 45.2 Å². The number of rotatable bonds is 3. The molecular weight excluding hydrogens is 242 g/mol. The third kappa shape index (κ3) is 3.86. The monoisotopic (exact) mass is 263 g/mol. The summed E-state index contributed by atoms with van der Waals surface area (Å²) in [7, 11) is 2.07. The van der Waals surface area contributed by atoms with E-state index >= 15 is 0 Å². The molecule has 1 aromatic rings. The second kappa shape index (κ2) is 6.43. The van der Waals surface area contributed by atoms with E-state index in [0.29, 0.717) is 6.61 Å². The number of carbonyl (C=O) groups excluding carboxylic acids is 1. The molecule has 104 valence electrons. The zero-order valence-corrected chi connectivity index (χ0v) is 11.6. The van der Waals surface area contributed by atoms with Crippen molar-refractivity contribution < 1.29 is 9.53 Å². The predicted molar refractivity (Wildman–Crippen MR) is 75.7 cm³/mol. The SMILES string of the molecule is CCOc1ccc(NC(=O)N2CCN(C)CC2)cc1. The molecule has 2 rings (SSSR count). The van der Waals surface area contributed by atoms with Crippen LogP contribution in [-0.2, 0) is 0 Å². The fourth-order valence-corrected chi connectivity index (χ4v) is 2.01. The predicted octanol–water partition coefficient (Wildman–Crippen LogP) is 1.86. The van der Waals surface area contributed by atoms with Crippen LogP contribution in [0.25, 0.3) is 0 Å². The number of nitrogens with zero attached hydrogens (tertiary/aromatic N) is 2. The highest BCUT2D eigenvalue weighted by atomic mass is 16.5. The Hall–Kier alpha value is -1.75. The summed E-state index contributed by atoms with van der Waals surface area (Å²) in [5, 5.41) is 2.91. The normalized spacial score (nSPS) is 16.2. The molecule has 0 bridgehead atoms. The Labute approximate surface area is 114 Å². The van der Waals surface area contributed by atoms with Gasteiger partial charge in [0.25, 0.3) is 0 Å². The number of carbonyl (C=O) groups is 1. The van der Waals surface area contributed by atoms with Crippen molar-refractivity contribution in [1.29, 1.82) is 0 Å². The van der Waals surface area contributed by atoms with Crippen LogP contribution < -0.4 is 10.1 Å². The van der Waals surface area contributed by atoms with E-state index in [-0.39, 0.29) is 6.03 Å². The highest BCUT2D eigenvalue weighted by Crippen LogP contribution is 2.16. The first-order chi connectivity index (χ1) is 9.19. The fraction of sp³-hybridized carbons (Fsp3) is 0.500. The van der Waals surface area contributed by atoms with Crippen molar-refractivity contribution >= 4 is 11.7 Å². The summed E-state index contributed by atoms with van der Waals surface area (Å²) >= 11 is 0. The van der Waals surface area contributed by atoms with Crippen LogP contribution in [0.15, 0.2) is 24.3 Å². The van der Waals surface area contributed by atoms with Crippen LogP contribution in [0.4, 0.5) is 10.5 Å². The molecule has 19 heavy (non-hydrogen) atoms. The highest BCUT2D eigenvalue weighted by molar-refractivity contribution is 5.89. The molecule has 5 heteroatoms. The molecular formula is C14H21N3O2. The van der Waals surface area contributed by atoms with E-state index in [1.807, 2.05) is 36.1 Å². The van der Waals surface area contributed by atoms with E-state index in [1.54, 1.807) is 0 Å². The molecule has 0 spiro atoms. The summed E-state index contributed by atoms with van der Waals surface area (Å²) in [6.07, 6.45) is 0. The van der Waals surface area contributed by atoms with Gasteiger partial charge in [-0.3, -0.25) is 0 Å². The molecule has 1 N–H and O–H groups in total. The topological polar surface area (TPSA) is 44.8 Å². The lowest BCUT2D eigenvalue weighted by atomic mass is 10.3. The van der Waals surface area contributed by atoms with Crippen molar-refractivity contribution in [3.05, 3.63) is 24.3 Å². The van der Waals surface area contributed by atoms with Gasteiger partial charge in [0.1, 0.15) is 5.75 Å². The van der Waals surface area contributed by atoms with Crippen LogP contribution in [0.1, 0.15) is 6.92 Å². The summed E-state index contributed by atoms with van der Waals surface area (Å²) in [6.45, 7) is 6.00. The van der Waals surface area contributed by atoms with E-state index in [0.717, 1.165) is 37.6 Å². The molecule has 1 fully saturated rings. The lowest BCUT2D eigenvalue weighted by Crippen LogP contribution is -2.48. The van der Waals surface area contributed by atoms with Crippen molar-refractivity contribution in [3.8, 4) is 5.75 Å². The van der Waals surface area contributed by atoms with Crippen molar-refractivity contribution in [3.63, 3.8) is 0 Å². The van der Waals surface area contributed by atoms with Crippen LogP contribution in [0, 0.1) is 0 Å². The Balaban J connectivity index is 1.88. The Bertz CT molecular complexity index is 411. The van der Waals surface area contributed by atoms with Gasteiger partial charge in [-0.1, -0.05) is 0 Å². The van der Waals surface area contributed by atoms with Gasteiger partial charge in [-0.05, 0) is 38.2 Å². The zero-order chi connectivity index (χ0) is 13.7. The Morgan fingerprint density at radius 2 is 1.84 bits per heavy atom. The average Bonchev–Trinajstić information content (AvgIpc) is 2.42. The summed E-state index contributed by atoms with van der Waals surface area (Å²) in [5.41, 5.74) is 0.799. The molecule has 1 saturated heterocycles. The summed E-state index contributed by atoms with van der Waals surface area (Å²) < 4.78 is 5.37. The van der Waals surface area contributed by atoms with Gasteiger partial charge in [0.2, 0.25) is 0 Å². The number of hydrogen-bond acceptors (Lipinski definition) is 3. The summed E-state index contributed by atoms with van der Waals surface area (Å²) in [4.78, 5) is 16.1. The first kappa shape index (κ1) is 13.7. The molecule has 1 aliphatic rings. The first-order valence-electron chi connectivity index (χ1n) is 6.66. The van der Waals surface area contributed by atoms with Crippen LogP contribution in [-0.4, -0.2) is 55.7 Å². The quantitative estimate of drug-likeness (QED) is 0.905. The summed E-state index contributed by atoms with van der Waals surface area (Å²) in [6, 6.07) is 7.42. The van der Waals surface area contributed by atoms with Gasteiger partial charge in [0.05, 0.1) is 6.61 Å². The van der Waals surface area contributed by atoms with Gasteiger partial charge in [-0.2, -0.15) is 0 Å². The number of hydrogen-bond donors (Lipinski definition) is 1. The molecule has 0 aromatic heterocycles. The fourth-order valence-electron chi connectivity index (χ4n) is 2.01. The maximum absolute atomic E-state index is 12.0. The number of urea groups is 1. The van der Waals surface area contributed by atoms with Crippen LogP contribution in [0.5, 0.6) is 5.75 Å². The molecule has 0 atom stereocenters. The van der Waals surface area contributed by atoms with E-state index < -0.39 is 0 Å². The van der Waals surface area contributed by atoms with Gasteiger partial charge < -0.3 is 19.9 Å². The van der Waals surface area contributed by atoms with Crippen LogP contribution in [0.2, 0.25) is 0 Å². The first-order valence-corrected chi connectivity index (χ1v) is 6.66. The molecule has 0 radical (unpaired) electrons. The zero-order valence-electron chi connectivity index (χ0n) is 11.6.